The lowest BCUT2D eigenvalue weighted by Gasteiger charge is -2.33. The Morgan fingerprint density at radius 2 is 1.96 bits per heavy atom. The van der Waals surface area contributed by atoms with E-state index in [1.807, 2.05) is 0 Å². The van der Waals surface area contributed by atoms with Gasteiger partial charge in [0.25, 0.3) is 5.91 Å². The number of ether oxygens (including phenoxy) is 2. The van der Waals surface area contributed by atoms with Crippen molar-refractivity contribution in [3.8, 4) is 5.75 Å². The highest BCUT2D eigenvalue weighted by Gasteiger charge is 2.34. The van der Waals surface area contributed by atoms with Crippen LogP contribution in [0.5, 0.6) is 5.75 Å². The molecule has 0 fully saturated rings. The second kappa shape index (κ2) is 7.89. The summed E-state index contributed by atoms with van der Waals surface area (Å²) in [6.45, 7) is 1.50. The second-order valence-electron chi connectivity index (χ2n) is 6.10. The Morgan fingerprint density at radius 3 is 2.68 bits per heavy atom. The van der Waals surface area contributed by atoms with Crippen molar-refractivity contribution in [3.05, 3.63) is 54.1 Å². The van der Waals surface area contributed by atoms with Crippen LogP contribution in [0.4, 0.5) is 11.4 Å². The predicted molar refractivity (Wildman–Crippen MR) is 104 cm³/mol. The molecule has 148 valence electrons. The van der Waals surface area contributed by atoms with E-state index in [1.165, 1.54) is 25.0 Å². The third-order valence-electron chi connectivity index (χ3n) is 4.25. The molecule has 0 bridgehead atoms. The first-order valence-electron chi connectivity index (χ1n) is 8.60. The second-order valence-corrected chi connectivity index (χ2v) is 8.11. The molecule has 2 aromatic rings. The van der Waals surface area contributed by atoms with Crippen molar-refractivity contribution in [1.82, 2.24) is 0 Å². The van der Waals surface area contributed by atoms with E-state index in [0.717, 1.165) is 0 Å². The molecule has 0 spiro atoms. The SMILES string of the molecule is CCS(=O)(=O)Nc1cccc(C(=O)N2C[C@@H](C(=O)OC)Oc3ccccc32)c1. The van der Waals surface area contributed by atoms with Crippen LogP contribution in [0.1, 0.15) is 17.3 Å². The van der Waals surface area contributed by atoms with E-state index in [9.17, 15) is 18.0 Å². The number of hydrogen-bond acceptors (Lipinski definition) is 6. The number of para-hydroxylation sites is 2. The van der Waals surface area contributed by atoms with Gasteiger partial charge in [0.15, 0.2) is 0 Å². The van der Waals surface area contributed by atoms with Gasteiger partial charge in [-0.05, 0) is 37.3 Å². The summed E-state index contributed by atoms with van der Waals surface area (Å²) in [5.41, 5.74) is 1.09. The van der Waals surface area contributed by atoms with Crippen molar-refractivity contribution in [1.29, 1.82) is 0 Å². The number of fused-ring (bicyclic) bond motifs is 1. The van der Waals surface area contributed by atoms with Crippen molar-refractivity contribution in [2.75, 3.05) is 29.0 Å². The average molecular weight is 404 g/mol. The Kier molecular flexibility index (Phi) is 5.55. The van der Waals surface area contributed by atoms with Crippen LogP contribution in [-0.2, 0) is 19.6 Å². The summed E-state index contributed by atoms with van der Waals surface area (Å²) in [5.74, 6) is -0.665. The standard InChI is InChI=1S/C19H20N2O6S/c1-3-28(24,25)20-14-8-6-7-13(11-14)18(22)21-12-17(19(23)26-2)27-16-10-5-4-9-15(16)21/h4-11,17,20H,3,12H2,1-2H3/t17-/m0/s1. The Labute approximate surface area is 163 Å². The number of methoxy groups -OCH3 is 1. The van der Waals surface area contributed by atoms with E-state index in [4.69, 9.17) is 9.47 Å². The van der Waals surface area contributed by atoms with E-state index in [2.05, 4.69) is 4.72 Å². The van der Waals surface area contributed by atoms with Gasteiger partial charge in [0.05, 0.1) is 25.1 Å². The monoisotopic (exact) mass is 404 g/mol. The number of nitrogens with one attached hydrogen (secondary N) is 1. The summed E-state index contributed by atoms with van der Waals surface area (Å²) in [7, 11) is -2.22. The van der Waals surface area contributed by atoms with Gasteiger partial charge < -0.3 is 14.4 Å². The van der Waals surface area contributed by atoms with E-state index >= 15 is 0 Å². The van der Waals surface area contributed by atoms with Gasteiger partial charge in [0.2, 0.25) is 16.1 Å². The Balaban J connectivity index is 1.94. The van der Waals surface area contributed by atoms with E-state index in [1.54, 1.807) is 42.5 Å². The van der Waals surface area contributed by atoms with Gasteiger partial charge >= 0.3 is 5.97 Å². The number of amides is 1. The number of hydrogen-bond donors (Lipinski definition) is 1. The van der Waals surface area contributed by atoms with Crippen LogP contribution in [0.15, 0.2) is 48.5 Å². The molecular formula is C19H20N2O6S. The molecule has 1 heterocycles. The van der Waals surface area contributed by atoms with Crippen LogP contribution >= 0.6 is 0 Å². The van der Waals surface area contributed by atoms with Crippen LogP contribution in [0.3, 0.4) is 0 Å². The minimum Gasteiger partial charge on any atom is -0.475 e. The highest BCUT2D eigenvalue weighted by Crippen LogP contribution is 2.34. The number of benzene rings is 2. The summed E-state index contributed by atoms with van der Waals surface area (Å²) in [6, 6.07) is 13.1. The zero-order valence-electron chi connectivity index (χ0n) is 15.4. The molecule has 0 aliphatic carbocycles. The summed E-state index contributed by atoms with van der Waals surface area (Å²) in [5, 5.41) is 0. The maximum atomic E-state index is 13.1. The highest BCUT2D eigenvalue weighted by molar-refractivity contribution is 7.92. The molecule has 0 saturated carbocycles. The van der Waals surface area contributed by atoms with Crippen molar-refractivity contribution in [2.45, 2.75) is 13.0 Å². The Hall–Kier alpha value is -3.07. The van der Waals surface area contributed by atoms with Crippen LogP contribution in [0, 0.1) is 0 Å². The Morgan fingerprint density at radius 1 is 1.21 bits per heavy atom. The molecule has 3 rings (SSSR count). The van der Waals surface area contributed by atoms with Gasteiger partial charge in [0.1, 0.15) is 5.75 Å². The molecule has 0 saturated heterocycles. The first kappa shape index (κ1) is 19.7. The van der Waals surface area contributed by atoms with Gasteiger partial charge in [-0.15, -0.1) is 0 Å². The zero-order valence-corrected chi connectivity index (χ0v) is 16.2. The number of rotatable bonds is 5. The van der Waals surface area contributed by atoms with Crippen molar-refractivity contribution < 1.29 is 27.5 Å². The molecule has 1 atom stereocenters. The van der Waals surface area contributed by atoms with Gasteiger partial charge in [-0.3, -0.25) is 9.52 Å². The number of esters is 1. The molecule has 9 heteroatoms. The molecule has 0 radical (unpaired) electrons. The quantitative estimate of drug-likeness (QED) is 0.765. The van der Waals surface area contributed by atoms with Crippen molar-refractivity contribution in [2.24, 2.45) is 0 Å². The molecule has 8 nitrogen and oxygen atoms in total. The van der Waals surface area contributed by atoms with E-state index in [0.29, 0.717) is 17.1 Å². The molecule has 2 aromatic carbocycles. The molecule has 28 heavy (non-hydrogen) atoms. The van der Waals surface area contributed by atoms with Crippen molar-refractivity contribution >= 4 is 33.3 Å². The van der Waals surface area contributed by atoms with Crippen LogP contribution in [0.2, 0.25) is 0 Å². The lowest BCUT2D eigenvalue weighted by molar-refractivity contribution is -0.148. The first-order valence-corrected chi connectivity index (χ1v) is 10.3. The van der Waals surface area contributed by atoms with E-state index < -0.39 is 22.1 Å². The van der Waals surface area contributed by atoms with E-state index in [-0.39, 0.29) is 23.8 Å². The van der Waals surface area contributed by atoms with Gasteiger partial charge in [-0.25, -0.2) is 13.2 Å². The molecule has 0 aromatic heterocycles. The first-order chi connectivity index (χ1) is 13.3. The van der Waals surface area contributed by atoms with Crippen LogP contribution in [0.25, 0.3) is 0 Å². The topological polar surface area (TPSA) is 102 Å². The fraction of sp³-hybridized carbons (Fsp3) is 0.263. The highest BCUT2D eigenvalue weighted by atomic mass is 32.2. The molecular weight excluding hydrogens is 384 g/mol. The summed E-state index contributed by atoms with van der Waals surface area (Å²) in [6.07, 6.45) is -0.953. The lowest BCUT2D eigenvalue weighted by atomic mass is 10.1. The number of sulfonamides is 1. The lowest BCUT2D eigenvalue weighted by Crippen LogP contribution is -2.47. The predicted octanol–water partition coefficient (Wildman–Crippen LogP) is 2.03. The maximum Gasteiger partial charge on any atom is 0.348 e. The van der Waals surface area contributed by atoms with Crippen molar-refractivity contribution in [3.63, 3.8) is 0 Å². The molecule has 1 amide bonds. The third kappa shape index (κ3) is 4.09. The molecule has 0 unspecified atom stereocenters. The van der Waals surface area contributed by atoms with Gasteiger partial charge in [-0.2, -0.15) is 0 Å². The third-order valence-corrected chi connectivity index (χ3v) is 5.55. The summed E-state index contributed by atoms with van der Waals surface area (Å²) < 4.78 is 36.4. The number of carbonyl (C=O) groups excluding carboxylic acids is 2. The Bertz CT molecular complexity index is 1000. The number of nitrogens with zero attached hydrogens (tertiary/aromatic N) is 1. The summed E-state index contributed by atoms with van der Waals surface area (Å²) >= 11 is 0. The minimum absolute atomic E-state index is 0.0204. The maximum absolute atomic E-state index is 13.1. The fourth-order valence-electron chi connectivity index (χ4n) is 2.80. The van der Waals surface area contributed by atoms with Gasteiger partial charge in [-0.1, -0.05) is 18.2 Å². The number of carbonyl (C=O) groups is 2. The summed E-state index contributed by atoms with van der Waals surface area (Å²) in [4.78, 5) is 26.5. The smallest absolute Gasteiger partial charge is 0.348 e. The number of anilines is 2. The molecule has 1 N–H and O–H groups in total. The molecule has 1 aliphatic rings. The average Bonchev–Trinajstić information content (AvgIpc) is 2.71. The zero-order chi connectivity index (χ0) is 20.3. The van der Waals surface area contributed by atoms with Crippen LogP contribution in [-0.4, -0.2) is 45.8 Å². The van der Waals surface area contributed by atoms with Gasteiger partial charge in [0, 0.05) is 11.3 Å². The largest absolute Gasteiger partial charge is 0.475 e. The normalized spacial score (nSPS) is 15.9. The van der Waals surface area contributed by atoms with Crippen LogP contribution < -0.4 is 14.4 Å². The minimum atomic E-state index is -3.47. The molecule has 1 aliphatic heterocycles. The fourth-order valence-corrected chi connectivity index (χ4v) is 3.43.